The topological polar surface area (TPSA) is 67.6 Å². The van der Waals surface area contributed by atoms with E-state index in [2.05, 4.69) is 15.2 Å². The second-order valence-corrected chi connectivity index (χ2v) is 4.04. The van der Waals surface area contributed by atoms with Crippen LogP contribution >= 0.6 is 0 Å². The van der Waals surface area contributed by atoms with Gasteiger partial charge in [-0.15, -0.1) is 5.10 Å². The third-order valence-corrected chi connectivity index (χ3v) is 2.83. The van der Waals surface area contributed by atoms with E-state index in [0.29, 0.717) is 17.6 Å². The molecule has 1 aromatic carbocycles. The number of nitrogens with zero attached hydrogens (tertiary/aromatic N) is 2. The van der Waals surface area contributed by atoms with Crippen LogP contribution in [0.3, 0.4) is 0 Å². The van der Waals surface area contributed by atoms with Crippen LogP contribution in [0.2, 0.25) is 0 Å². The van der Waals surface area contributed by atoms with Gasteiger partial charge in [-0.2, -0.15) is 5.10 Å². The Balaban J connectivity index is 2.16. The summed E-state index contributed by atoms with van der Waals surface area (Å²) in [5.74, 6) is -0.252. The summed E-state index contributed by atoms with van der Waals surface area (Å²) in [6, 6.07) is 8.49. The van der Waals surface area contributed by atoms with Crippen LogP contribution in [0.15, 0.2) is 36.5 Å². The molecule has 2 aromatic heterocycles. The van der Waals surface area contributed by atoms with Gasteiger partial charge in [0.2, 0.25) is 0 Å². The quantitative estimate of drug-likeness (QED) is 0.724. The van der Waals surface area contributed by atoms with Gasteiger partial charge >= 0.3 is 0 Å². The minimum atomic E-state index is -0.252. The first-order chi connectivity index (χ1) is 8.78. The van der Waals surface area contributed by atoms with E-state index in [1.807, 2.05) is 12.1 Å². The molecule has 18 heavy (non-hydrogen) atoms. The lowest BCUT2D eigenvalue weighted by molar-refractivity contribution is 0.640. The Labute approximate surface area is 103 Å². The predicted octanol–water partition coefficient (Wildman–Crippen LogP) is 2.22. The highest BCUT2D eigenvalue weighted by Gasteiger charge is 2.08. The van der Waals surface area contributed by atoms with Gasteiger partial charge < -0.3 is 10.7 Å². The SMILES string of the molecule is NCc1cnnc(-c2cc3c(F)cccc3[nH]2)c1. The lowest BCUT2D eigenvalue weighted by Gasteiger charge is -1.98. The number of nitrogens with two attached hydrogens (primary N) is 1. The fraction of sp³-hybridized carbons (Fsp3) is 0.0769. The largest absolute Gasteiger partial charge is 0.353 e. The highest BCUT2D eigenvalue weighted by molar-refractivity contribution is 5.85. The van der Waals surface area contributed by atoms with Gasteiger partial charge in [0.1, 0.15) is 11.5 Å². The van der Waals surface area contributed by atoms with Crippen molar-refractivity contribution in [2.45, 2.75) is 6.54 Å². The fourth-order valence-corrected chi connectivity index (χ4v) is 1.91. The van der Waals surface area contributed by atoms with Gasteiger partial charge in [-0.05, 0) is 29.8 Å². The summed E-state index contributed by atoms with van der Waals surface area (Å²) < 4.78 is 13.6. The molecule has 0 atom stereocenters. The molecule has 0 fully saturated rings. The van der Waals surface area contributed by atoms with Gasteiger partial charge in [-0.3, -0.25) is 0 Å². The van der Waals surface area contributed by atoms with Crippen molar-refractivity contribution in [3.8, 4) is 11.4 Å². The average Bonchev–Trinajstić information content (AvgIpc) is 2.84. The molecule has 90 valence electrons. The highest BCUT2D eigenvalue weighted by atomic mass is 19.1. The number of fused-ring (bicyclic) bond motifs is 1. The van der Waals surface area contributed by atoms with Crippen molar-refractivity contribution in [2.24, 2.45) is 5.73 Å². The summed E-state index contributed by atoms with van der Waals surface area (Å²) in [7, 11) is 0. The monoisotopic (exact) mass is 242 g/mol. The van der Waals surface area contributed by atoms with Gasteiger partial charge in [0.15, 0.2) is 0 Å². The van der Waals surface area contributed by atoms with E-state index < -0.39 is 0 Å². The van der Waals surface area contributed by atoms with Crippen LogP contribution in [0, 0.1) is 5.82 Å². The number of rotatable bonds is 2. The number of hydrogen-bond donors (Lipinski definition) is 2. The normalized spacial score (nSPS) is 11.0. The summed E-state index contributed by atoms with van der Waals surface area (Å²) in [5, 5.41) is 8.45. The van der Waals surface area contributed by atoms with Gasteiger partial charge in [0.25, 0.3) is 0 Å². The van der Waals surface area contributed by atoms with Crippen molar-refractivity contribution in [2.75, 3.05) is 0 Å². The van der Waals surface area contributed by atoms with Crippen LogP contribution in [0.4, 0.5) is 4.39 Å². The smallest absolute Gasteiger partial charge is 0.132 e. The van der Waals surface area contributed by atoms with E-state index in [0.717, 1.165) is 16.8 Å². The van der Waals surface area contributed by atoms with Crippen molar-refractivity contribution < 1.29 is 4.39 Å². The van der Waals surface area contributed by atoms with Crippen LogP contribution in [-0.4, -0.2) is 15.2 Å². The lowest BCUT2D eigenvalue weighted by Crippen LogP contribution is -1.99. The number of H-pyrrole nitrogens is 1. The Morgan fingerprint density at radius 1 is 1.28 bits per heavy atom. The van der Waals surface area contributed by atoms with Crippen LogP contribution in [-0.2, 0) is 6.54 Å². The zero-order valence-corrected chi connectivity index (χ0v) is 9.52. The molecule has 4 nitrogen and oxygen atoms in total. The van der Waals surface area contributed by atoms with Gasteiger partial charge in [0.05, 0.1) is 11.9 Å². The molecule has 0 unspecified atom stereocenters. The number of benzene rings is 1. The Kier molecular flexibility index (Phi) is 2.53. The summed E-state index contributed by atoms with van der Waals surface area (Å²) >= 11 is 0. The van der Waals surface area contributed by atoms with E-state index in [9.17, 15) is 4.39 Å². The molecular formula is C13H11FN4. The minimum Gasteiger partial charge on any atom is -0.353 e. The third-order valence-electron chi connectivity index (χ3n) is 2.83. The van der Waals surface area contributed by atoms with E-state index >= 15 is 0 Å². The molecule has 3 rings (SSSR count). The Morgan fingerprint density at radius 2 is 2.17 bits per heavy atom. The standard InChI is InChI=1S/C13H11FN4/c14-10-2-1-3-11-9(10)5-12(17-11)13-4-8(6-15)7-16-18-13/h1-5,7,17H,6,15H2. The number of hydrogen-bond acceptors (Lipinski definition) is 3. The van der Waals surface area contributed by atoms with Crippen LogP contribution < -0.4 is 5.73 Å². The maximum Gasteiger partial charge on any atom is 0.132 e. The van der Waals surface area contributed by atoms with Crippen molar-refractivity contribution in [3.05, 3.63) is 47.9 Å². The van der Waals surface area contributed by atoms with Crippen molar-refractivity contribution in [1.29, 1.82) is 0 Å². The molecular weight excluding hydrogens is 231 g/mol. The van der Waals surface area contributed by atoms with Crippen LogP contribution in [0.1, 0.15) is 5.56 Å². The number of nitrogens with one attached hydrogen (secondary N) is 1. The van der Waals surface area contributed by atoms with Crippen molar-refractivity contribution >= 4 is 10.9 Å². The minimum absolute atomic E-state index is 0.252. The predicted molar refractivity (Wildman–Crippen MR) is 67.2 cm³/mol. The van der Waals surface area contributed by atoms with E-state index in [1.165, 1.54) is 6.07 Å². The Morgan fingerprint density at radius 3 is 2.94 bits per heavy atom. The molecule has 0 aliphatic carbocycles. The molecule has 0 aliphatic heterocycles. The van der Waals surface area contributed by atoms with Gasteiger partial charge in [-0.1, -0.05) is 6.07 Å². The summed E-state index contributed by atoms with van der Waals surface area (Å²) in [4.78, 5) is 3.12. The molecule has 0 bridgehead atoms. The number of aromatic nitrogens is 3. The zero-order valence-electron chi connectivity index (χ0n) is 9.52. The molecule has 0 spiro atoms. The molecule has 2 heterocycles. The van der Waals surface area contributed by atoms with E-state index in [-0.39, 0.29) is 5.82 Å². The second-order valence-electron chi connectivity index (χ2n) is 4.04. The molecule has 3 N–H and O–H groups in total. The first-order valence-corrected chi connectivity index (χ1v) is 5.57. The summed E-state index contributed by atoms with van der Waals surface area (Å²) in [5.41, 5.74) is 8.58. The molecule has 0 aliphatic rings. The second kappa shape index (κ2) is 4.19. The number of halogens is 1. The fourth-order valence-electron chi connectivity index (χ4n) is 1.91. The summed E-state index contributed by atoms with van der Waals surface area (Å²) in [6.07, 6.45) is 1.62. The molecule has 0 saturated carbocycles. The number of aromatic amines is 1. The third kappa shape index (κ3) is 1.74. The maximum absolute atomic E-state index is 13.6. The van der Waals surface area contributed by atoms with Gasteiger partial charge in [-0.25, -0.2) is 4.39 Å². The molecule has 3 aromatic rings. The zero-order chi connectivity index (χ0) is 12.5. The Bertz CT molecular complexity index is 705. The van der Waals surface area contributed by atoms with Crippen molar-refractivity contribution in [3.63, 3.8) is 0 Å². The molecule has 5 heteroatoms. The average molecular weight is 242 g/mol. The first kappa shape index (κ1) is 10.9. The molecule has 0 amide bonds. The van der Waals surface area contributed by atoms with Gasteiger partial charge in [0, 0.05) is 17.4 Å². The van der Waals surface area contributed by atoms with Crippen molar-refractivity contribution in [1.82, 2.24) is 15.2 Å². The molecule has 0 radical (unpaired) electrons. The van der Waals surface area contributed by atoms with E-state index in [1.54, 1.807) is 18.3 Å². The van der Waals surface area contributed by atoms with Crippen LogP contribution in [0.5, 0.6) is 0 Å². The first-order valence-electron chi connectivity index (χ1n) is 5.57. The Hall–Kier alpha value is -2.27. The summed E-state index contributed by atoms with van der Waals surface area (Å²) in [6.45, 7) is 0.400. The maximum atomic E-state index is 13.6. The van der Waals surface area contributed by atoms with Crippen LogP contribution in [0.25, 0.3) is 22.3 Å². The van der Waals surface area contributed by atoms with E-state index in [4.69, 9.17) is 5.73 Å². The molecule has 0 saturated heterocycles. The lowest BCUT2D eigenvalue weighted by atomic mass is 10.2. The highest BCUT2D eigenvalue weighted by Crippen LogP contribution is 2.24.